The standard InChI is InChI=1S/C18H17FN4O5S/c1-28-17(25)13-3-2-4-14-16(13)23-18(21-14)22-15(24)9-10-20-29(26,27)12-7-5-11(19)6-8-12/h2-8,20H,9-10H2,1H3,(H2,21,22,23,24). The molecule has 1 amide bonds. The molecule has 0 aliphatic carbocycles. The molecule has 0 radical (unpaired) electrons. The summed E-state index contributed by atoms with van der Waals surface area (Å²) in [6.45, 7) is -0.167. The summed E-state index contributed by atoms with van der Waals surface area (Å²) in [5.41, 5.74) is 1.11. The molecular formula is C18H17FN4O5S. The van der Waals surface area contributed by atoms with Crippen LogP contribution in [0.25, 0.3) is 11.0 Å². The average Bonchev–Trinajstić information content (AvgIpc) is 3.09. The normalized spacial score (nSPS) is 11.4. The van der Waals surface area contributed by atoms with Gasteiger partial charge in [0.25, 0.3) is 0 Å². The van der Waals surface area contributed by atoms with Crippen molar-refractivity contribution in [3.63, 3.8) is 0 Å². The third-order valence-corrected chi connectivity index (χ3v) is 5.42. The van der Waals surface area contributed by atoms with Crippen LogP contribution in [-0.2, 0) is 19.6 Å². The van der Waals surface area contributed by atoms with Crippen molar-refractivity contribution in [3.05, 3.63) is 53.8 Å². The zero-order valence-corrected chi connectivity index (χ0v) is 16.0. The van der Waals surface area contributed by atoms with Crippen LogP contribution in [0.3, 0.4) is 0 Å². The van der Waals surface area contributed by atoms with E-state index in [0.29, 0.717) is 11.0 Å². The van der Waals surface area contributed by atoms with E-state index < -0.39 is 27.7 Å². The Hall–Kier alpha value is -3.31. The van der Waals surface area contributed by atoms with Crippen LogP contribution >= 0.6 is 0 Å². The first kappa shape index (κ1) is 20.4. The number of aromatic amines is 1. The molecule has 3 aromatic rings. The second-order valence-corrected chi connectivity index (χ2v) is 7.70. The van der Waals surface area contributed by atoms with Crippen LogP contribution in [0.1, 0.15) is 16.8 Å². The number of esters is 1. The Labute approximate surface area is 165 Å². The Bertz CT molecular complexity index is 1160. The molecule has 3 N–H and O–H groups in total. The van der Waals surface area contributed by atoms with Crippen LogP contribution in [0, 0.1) is 5.82 Å². The van der Waals surface area contributed by atoms with Crippen LogP contribution in [0.5, 0.6) is 0 Å². The fourth-order valence-electron chi connectivity index (χ4n) is 2.56. The number of ether oxygens (including phenoxy) is 1. The molecule has 0 saturated heterocycles. The van der Waals surface area contributed by atoms with E-state index in [9.17, 15) is 22.4 Å². The number of anilines is 1. The van der Waals surface area contributed by atoms with Crippen LogP contribution < -0.4 is 10.0 Å². The number of carbonyl (C=O) groups is 2. The van der Waals surface area contributed by atoms with Crippen molar-refractivity contribution < 1.29 is 27.1 Å². The molecule has 152 valence electrons. The van der Waals surface area contributed by atoms with Gasteiger partial charge in [-0.25, -0.2) is 27.3 Å². The summed E-state index contributed by atoms with van der Waals surface area (Å²) in [7, 11) is -2.60. The Kier molecular flexibility index (Phi) is 5.89. The minimum atomic E-state index is -3.86. The molecule has 11 heteroatoms. The topological polar surface area (TPSA) is 130 Å². The van der Waals surface area contributed by atoms with E-state index in [1.807, 2.05) is 0 Å². The van der Waals surface area contributed by atoms with Crippen molar-refractivity contribution >= 4 is 38.9 Å². The molecule has 0 spiro atoms. The number of fused-ring (bicyclic) bond motifs is 1. The predicted octanol–water partition coefficient (Wildman–Crippen LogP) is 1.80. The van der Waals surface area contributed by atoms with Crippen molar-refractivity contribution in [2.24, 2.45) is 0 Å². The number of sulfonamides is 1. The molecule has 2 aromatic carbocycles. The number of benzene rings is 2. The summed E-state index contributed by atoms with van der Waals surface area (Å²) in [4.78, 5) is 30.8. The molecule has 1 heterocycles. The van der Waals surface area contributed by atoms with Gasteiger partial charge in [0.05, 0.1) is 23.1 Å². The van der Waals surface area contributed by atoms with Crippen LogP contribution in [0.2, 0.25) is 0 Å². The zero-order chi connectivity index (χ0) is 21.0. The molecular weight excluding hydrogens is 403 g/mol. The SMILES string of the molecule is COC(=O)c1cccc2[nH]c(NC(=O)CCNS(=O)(=O)c3ccc(F)cc3)nc12. The second kappa shape index (κ2) is 8.37. The van der Waals surface area contributed by atoms with Gasteiger partial charge in [-0.15, -0.1) is 0 Å². The lowest BCUT2D eigenvalue weighted by atomic mass is 10.2. The van der Waals surface area contributed by atoms with Crippen LogP contribution in [0.15, 0.2) is 47.4 Å². The van der Waals surface area contributed by atoms with E-state index in [0.717, 1.165) is 24.3 Å². The Morgan fingerprint density at radius 3 is 2.59 bits per heavy atom. The number of methoxy groups -OCH3 is 1. The molecule has 0 atom stereocenters. The lowest BCUT2D eigenvalue weighted by molar-refractivity contribution is -0.116. The minimum absolute atomic E-state index is 0.105. The van der Waals surface area contributed by atoms with Gasteiger partial charge in [-0.3, -0.25) is 10.1 Å². The first-order valence-corrected chi connectivity index (χ1v) is 9.90. The predicted molar refractivity (Wildman–Crippen MR) is 102 cm³/mol. The minimum Gasteiger partial charge on any atom is -0.465 e. The van der Waals surface area contributed by atoms with Gasteiger partial charge in [-0.05, 0) is 36.4 Å². The van der Waals surface area contributed by atoms with E-state index in [1.165, 1.54) is 7.11 Å². The summed E-state index contributed by atoms with van der Waals surface area (Å²) < 4.78 is 44.1. The highest BCUT2D eigenvalue weighted by atomic mass is 32.2. The Morgan fingerprint density at radius 1 is 1.17 bits per heavy atom. The number of rotatable bonds is 7. The van der Waals surface area contributed by atoms with Crippen molar-refractivity contribution in [2.45, 2.75) is 11.3 Å². The quantitative estimate of drug-likeness (QED) is 0.500. The lowest BCUT2D eigenvalue weighted by Gasteiger charge is -2.06. The molecule has 0 aliphatic heterocycles. The number of aromatic nitrogens is 2. The molecule has 0 aliphatic rings. The lowest BCUT2D eigenvalue weighted by Crippen LogP contribution is -2.28. The van der Waals surface area contributed by atoms with Gasteiger partial charge in [-0.2, -0.15) is 0 Å². The summed E-state index contributed by atoms with van der Waals surface area (Å²) in [5.74, 6) is -1.49. The number of nitrogens with zero attached hydrogens (tertiary/aromatic N) is 1. The summed E-state index contributed by atoms with van der Waals surface area (Å²) in [5, 5.41) is 2.51. The van der Waals surface area contributed by atoms with Crippen LogP contribution in [0.4, 0.5) is 10.3 Å². The molecule has 1 aromatic heterocycles. The fraction of sp³-hybridized carbons (Fsp3) is 0.167. The van der Waals surface area contributed by atoms with Gasteiger partial charge < -0.3 is 9.72 Å². The van der Waals surface area contributed by atoms with Crippen molar-refractivity contribution in [3.8, 4) is 0 Å². The number of carbonyl (C=O) groups excluding carboxylic acids is 2. The monoisotopic (exact) mass is 420 g/mol. The number of hydrogen-bond acceptors (Lipinski definition) is 6. The first-order chi connectivity index (χ1) is 13.8. The highest BCUT2D eigenvalue weighted by Gasteiger charge is 2.16. The highest BCUT2D eigenvalue weighted by Crippen LogP contribution is 2.19. The fourth-order valence-corrected chi connectivity index (χ4v) is 3.59. The molecule has 0 saturated carbocycles. The number of hydrogen-bond donors (Lipinski definition) is 3. The van der Waals surface area contributed by atoms with Gasteiger partial charge in [0.2, 0.25) is 21.9 Å². The highest BCUT2D eigenvalue weighted by molar-refractivity contribution is 7.89. The summed E-state index contributed by atoms with van der Waals surface area (Å²) >= 11 is 0. The Balaban J connectivity index is 1.61. The largest absolute Gasteiger partial charge is 0.465 e. The smallest absolute Gasteiger partial charge is 0.340 e. The zero-order valence-electron chi connectivity index (χ0n) is 15.2. The van der Waals surface area contributed by atoms with Crippen LogP contribution in [-0.4, -0.2) is 43.9 Å². The maximum absolute atomic E-state index is 12.9. The molecule has 9 nitrogen and oxygen atoms in total. The number of imidazole rings is 1. The van der Waals surface area contributed by atoms with E-state index in [2.05, 4.69) is 20.0 Å². The van der Waals surface area contributed by atoms with Gasteiger partial charge >= 0.3 is 5.97 Å². The van der Waals surface area contributed by atoms with Gasteiger partial charge in [0, 0.05) is 13.0 Å². The van der Waals surface area contributed by atoms with E-state index in [4.69, 9.17) is 4.74 Å². The van der Waals surface area contributed by atoms with Crippen molar-refractivity contribution in [2.75, 3.05) is 19.0 Å². The van der Waals surface area contributed by atoms with Gasteiger partial charge in [-0.1, -0.05) is 6.07 Å². The number of halogens is 1. The maximum Gasteiger partial charge on any atom is 0.340 e. The number of amides is 1. The second-order valence-electron chi connectivity index (χ2n) is 5.93. The van der Waals surface area contributed by atoms with E-state index in [1.54, 1.807) is 18.2 Å². The first-order valence-electron chi connectivity index (χ1n) is 8.42. The number of para-hydroxylation sites is 1. The molecule has 3 rings (SSSR count). The van der Waals surface area contributed by atoms with E-state index >= 15 is 0 Å². The number of H-pyrrole nitrogens is 1. The van der Waals surface area contributed by atoms with Gasteiger partial charge in [0.1, 0.15) is 11.3 Å². The summed E-state index contributed by atoms with van der Waals surface area (Å²) in [6.07, 6.45) is -0.165. The van der Waals surface area contributed by atoms with Crippen molar-refractivity contribution in [1.29, 1.82) is 0 Å². The Morgan fingerprint density at radius 2 is 1.90 bits per heavy atom. The third kappa shape index (κ3) is 4.76. The molecule has 0 unspecified atom stereocenters. The maximum atomic E-state index is 12.9. The molecule has 29 heavy (non-hydrogen) atoms. The average molecular weight is 420 g/mol. The van der Waals surface area contributed by atoms with Gasteiger partial charge in [0.15, 0.2) is 0 Å². The van der Waals surface area contributed by atoms with E-state index in [-0.39, 0.29) is 29.4 Å². The molecule has 0 fully saturated rings. The molecule has 0 bridgehead atoms. The summed E-state index contributed by atoms with van der Waals surface area (Å²) in [6, 6.07) is 9.20. The van der Waals surface area contributed by atoms with Crippen molar-refractivity contribution in [1.82, 2.24) is 14.7 Å². The number of nitrogens with one attached hydrogen (secondary N) is 3. The third-order valence-electron chi connectivity index (χ3n) is 3.94.